The van der Waals surface area contributed by atoms with E-state index in [-0.39, 0.29) is 5.91 Å². The van der Waals surface area contributed by atoms with Crippen molar-refractivity contribution in [2.24, 2.45) is 7.05 Å². The minimum atomic E-state index is -0.505. The van der Waals surface area contributed by atoms with Crippen molar-refractivity contribution in [2.45, 2.75) is 13.0 Å². The molecule has 0 aliphatic rings. The first-order valence-electron chi connectivity index (χ1n) is 10.6. The van der Waals surface area contributed by atoms with Crippen LogP contribution in [0.5, 0.6) is 17.2 Å². The van der Waals surface area contributed by atoms with Crippen molar-refractivity contribution >= 4 is 17.2 Å². The number of carbonyl (C=O) groups excluding carboxylic acids is 1. The van der Waals surface area contributed by atoms with E-state index in [1.54, 1.807) is 27.5 Å². The molecule has 1 N–H and O–H groups in total. The van der Waals surface area contributed by atoms with Gasteiger partial charge in [-0.2, -0.15) is 0 Å². The molecule has 4 rings (SSSR count). The first kappa shape index (κ1) is 23.3. The average Bonchev–Trinajstić information content (AvgIpc) is 3.47. The second-order valence-corrected chi connectivity index (χ2v) is 8.55. The molecule has 2 aromatic heterocycles. The molecule has 0 aliphatic heterocycles. The van der Waals surface area contributed by atoms with Crippen LogP contribution in [0.4, 0.5) is 0 Å². The highest BCUT2D eigenvalue weighted by atomic mass is 32.1. The SMILES string of the molecule is COc1ccc(-c2nc(C)c(C(=O)NC(c3ccccc3OC)c3nccn3C)s2)cc1OC. The zero-order valence-corrected chi connectivity index (χ0v) is 20.5. The Morgan fingerprint density at radius 1 is 1.03 bits per heavy atom. The molecule has 4 aromatic rings. The lowest BCUT2D eigenvalue weighted by molar-refractivity contribution is 0.0944. The average molecular weight is 479 g/mol. The first-order chi connectivity index (χ1) is 16.5. The molecule has 0 saturated heterocycles. The number of thiazole rings is 1. The van der Waals surface area contributed by atoms with Crippen molar-refractivity contribution in [1.82, 2.24) is 19.9 Å². The van der Waals surface area contributed by atoms with Crippen molar-refractivity contribution < 1.29 is 19.0 Å². The zero-order chi connectivity index (χ0) is 24.2. The Hall–Kier alpha value is -3.85. The molecule has 2 heterocycles. The number of rotatable bonds is 8. The number of ether oxygens (including phenoxy) is 3. The van der Waals surface area contributed by atoms with Gasteiger partial charge in [0.2, 0.25) is 0 Å². The number of para-hydroxylation sites is 1. The van der Waals surface area contributed by atoms with Gasteiger partial charge in [0, 0.05) is 30.6 Å². The van der Waals surface area contributed by atoms with Crippen molar-refractivity contribution in [1.29, 1.82) is 0 Å². The van der Waals surface area contributed by atoms with Crippen molar-refractivity contribution in [3.63, 3.8) is 0 Å². The smallest absolute Gasteiger partial charge is 0.264 e. The van der Waals surface area contributed by atoms with Gasteiger partial charge in [-0.05, 0) is 31.2 Å². The van der Waals surface area contributed by atoms with Crippen LogP contribution < -0.4 is 19.5 Å². The largest absolute Gasteiger partial charge is 0.496 e. The van der Waals surface area contributed by atoms with Crippen LogP contribution in [0, 0.1) is 6.92 Å². The number of nitrogens with one attached hydrogen (secondary N) is 1. The molecule has 9 heteroatoms. The Kier molecular flexibility index (Phi) is 6.83. The van der Waals surface area contributed by atoms with E-state index in [2.05, 4.69) is 15.3 Å². The van der Waals surface area contributed by atoms with E-state index in [4.69, 9.17) is 14.2 Å². The number of methoxy groups -OCH3 is 3. The van der Waals surface area contributed by atoms with Gasteiger partial charge in [-0.15, -0.1) is 11.3 Å². The summed E-state index contributed by atoms with van der Waals surface area (Å²) in [5.74, 6) is 2.36. The number of aryl methyl sites for hydroxylation is 2. The fourth-order valence-electron chi connectivity index (χ4n) is 3.74. The molecule has 1 unspecified atom stereocenters. The lowest BCUT2D eigenvalue weighted by Gasteiger charge is -2.21. The summed E-state index contributed by atoms with van der Waals surface area (Å²) < 4.78 is 18.2. The quantitative estimate of drug-likeness (QED) is 0.404. The number of aromatic nitrogens is 3. The number of benzene rings is 2. The van der Waals surface area contributed by atoms with Crippen molar-refractivity contribution in [3.8, 4) is 27.8 Å². The molecule has 176 valence electrons. The van der Waals surface area contributed by atoms with Crippen LogP contribution in [0.3, 0.4) is 0 Å². The van der Waals surface area contributed by atoms with Crippen LogP contribution in [0.2, 0.25) is 0 Å². The summed E-state index contributed by atoms with van der Waals surface area (Å²) in [6, 6.07) is 12.7. The van der Waals surface area contributed by atoms with E-state index in [0.29, 0.717) is 33.6 Å². The number of nitrogens with zero attached hydrogens (tertiary/aromatic N) is 3. The first-order valence-corrected chi connectivity index (χ1v) is 11.4. The molecule has 0 saturated carbocycles. The van der Waals surface area contributed by atoms with Crippen molar-refractivity contribution in [3.05, 3.63) is 76.8 Å². The molecule has 1 atom stereocenters. The molecule has 1 amide bonds. The molecule has 0 fully saturated rings. The topological polar surface area (TPSA) is 87.5 Å². The standard InChI is InChI=1S/C25H26N4O4S/c1-15-22(34-25(27-15)16-10-11-19(32-4)20(14-16)33-5)24(30)28-21(23-26-12-13-29(23)2)17-8-6-7-9-18(17)31-3/h6-14,21H,1-5H3,(H,28,30). The lowest BCUT2D eigenvalue weighted by atomic mass is 10.0. The molecule has 2 aromatic carbocycles. The van der Waals surface area contributed by atoms with Crippen LogP contribution in [0.15, 0.2) is 54.9 Å². The van der Waals surface area contributed by atoms with Gasteiger partial charge in [0.25, 0.3) is 5.91 Å². The van der Waals surface area contributed by atoms with E-state index < -0.39 is 6.04 Å². The maximum Gasteiger partial charge on any atom is 0.264 e. The third-order valence-electron chi connectivity index (χ3n) is 5.48. The molecular formula is C25H26N4O4S. The van der Waals surface area contributed by atoms with E-state index in [1.165, 1.54) is 11.3 Å². The molecule has 34 heavy (non-hydrogen) atoms. The highest BCUT2D eigenvalue weighted by Gasteiger charge is 2.26. The normalized spacial score (nSPS) is 11.7. The minimum Gasteiger partial charge on any atom is -0.496 e. The van der Waals surface area contributed by atoms with E-state index in [1.807, 2.05) is 67.2 Å². The Labute approximate surface area is 202 Å². The molecule has 8 nitrogen and oxygen atoms in total. The van der Waals surface area contributed by atoms with E-state index >= 15 is 0 Å². The summed E-state index contributed by atoms with van der Waals surface area (Å²) in [5, 5.41) is 3.85. The number of amides is 1. The predicted octanol–water partition coefficient (Wildman–Crippen LogP) is 4.40. The van der Waals surface area contributed by atoms with Gasteiger partial charge in [-0.3, -0.25) is 4.79 Å². The maximum atomic E-state index is 13.5. The minimum absolute atomic E-state index is 0.236. The summed E-state index contributed by atoms with van der Waals surface area (Å²) in [5.41, 5.74) is 2.30. The monoisotopic (exact) mass is 478 g/mol. The molecule has 0 radical (unpaired) electrons. The molecule has 0 spiro atoms. The summed E-state index contributed by atoms with van der Waals surface area (Å²) in [4.78, 5) is 23.1. The van der Waals surface area contributed by atoms with Gasteiger partial charge in [-0.1, -0.05) is 18.2 Å². The number of imidazole rings is 1. The van der Waals surface area contributed by atoms with Gasteiger partial charge in [0.1, 0.15) is 27.5 Å². The third-order valence-corrected chi connectivity index (χ3v) is 6.68. The van der Waals surface area contributed by atoms with Gasteiger partial charge < -0.3 is 24.1 Å². The lowest BCUT2D eigenvalue weighted by Crippen LogP contribution is -2.31. The van der Waals surface area contributed by atoms with Crippen LogP contribution >= 0.6 is 11.3 Å². The summed E-state index contributed by atoms with van der Waals surface area (Å²) >= 11 is 1.32. The Balaban J connectivity index is 1.68. The number of hydrogen-bond donors (Lipinski definition) is 1. The van der Waals surface area contributed by atoms with E-state index in [0.717, 1.165) is 16.1 Å². The molecule has 0 bridgehead atoms. The highest BCUT2D eigenvalue weighted by Crippen LogP contribution is 2.36. The fraction of sp³-hybridized carbons (Fsp3) is 0.240. The van der Waals surface area contributed by atoms with Crippen LogP contribution in [-0.2, 0) is 7.05 Å². The maximum absolute atomic E-state index is 13.5. The molecular weight excluding hydrogens is 452 g/mol. The van der Waals surface area contributed by atoms with Crippen LogP contribution in [0.1, 0.15) is 32.8 Å². The fourth-order valence-corrected chi connectivity index (χ4v) is 4.70. The van der Waals surface area contributed by atoms with Gasteiger partial charge in [-0.25, -0.2) is 9.97 Å². The Morgan fingerprint density at radius 3 is 2.44 bits per heavy atom. The van der Waals surface area contributed by atoms with Gasteiger partial charge >= 0.3 is 0 Å². The van der Waals surface area contributed by atoms with Crippen molar-refractivity contribution in [2.75, 3.05) is 21.3 Å². The Bertz CT molecular complexity index is 1310. The van der Waals surface area contributed by atoms with Crippen LogP contribution in [-0.4, -0.2) is 41.8 Å². The number of carbonyl (C=O) groups is 1. The highest BCUT2D eigenvalue weighted by molar-refractivity contribution is 7.17. The van der Waals surface area contributed by atoms with Gasteiger partial charge in [0.05, 0.1) is 27.0 Å². The summed E-state index contributed by atoms with van der Waals surface area (Å²) in [6.45, 7) is 1.83. The van der Waals surface area contributed by atoms with Gasteiger partial charge in [0.15, 0.2) is 11.5 Å². The zero-order valence-electron chi connectivity index (χ0n) is 19.7. The van der Waals surface area contributed by atoms with Crippen LogP contribution in [0.25, 0.3) is 10.6 Å². The van der Waals surface area contributed by atoms with E-state index in [9.17, 15) is 4.79 Å². The predicted molar refractivity (Wildman–Crippen MR) is 131 cm³/mol. The second-order valence-electron chi connectivity index (χ2n) is 7.55. The number of hydrogen-bond acceptors (Lipinski definition) is 7. The second kappa shape index (κ2) is 9.96. The Morgan fingerprint density at radius 2 is 1.76 bits per heavy atom. The third kappa shape index (κ3) is 4.47. The summed E-state index contributed by atoms with van der Waals surface area (Å²) in [7, 11) is 6.68. The molecule has 0 aliphatic carbocycles. The summed E-state index contributed by atoms with van der Waals surface area (Å²) in [6.07, 6.45) is 3.55.